The first-order valence-electron chi connectivity index (χ1n) is 9.07. The molecule has 4 nitrogen and oxygen atoms in total. The van der Waals surface area contributed by atoms with E-state index in [1.54, 1.807) is 42.3 Å². The van der Waals surface area contributed by atoms with Crippen LogP contribution in [0.15, 0.2) is 66.7 Å². The van der Waals surface area contributed by atoms with Crippen LogP contribution >= 0.6 is 11.3 Å². The molecule has 2 amide bonds. The topological polar surface area (TPSA) is 49.4 Å². The van der Waals surface area contributed by atoms with E-state index in [-0.39, 0.29) is 17.6 Å². The molecule has 0 spiro atoms. The van der Waals surface area contributed by atoms with Crippen molar-refractivity contribution >= 4 is 34.9 Å². The first kappa shape index (κ1) is 20.5. The van der Waals surface area contributed by atoms with Gasteiger partial charge in [-0.15, -0.1) is 11.3 Å². The predicted molar refractivity (Wildman–Crippen MR) is 116 cm³/mol. The van der Waals surface area contributed by atoms with Crippen molar-refractivity contribution in [2.75, 3.05) is 12.4 Å². The Morgan fingerprint density at radius 3 is 2.66 bits per heavy atom. The molecule has 0 atom stereocenters. The Morgan fingerprint density at radius 2 is 1.90 bits per heavy atom. The fourth-order valence-corrected chi connectivity index (χ4v) is 3.66. The summed E-state index contributed by atoms with van der Waals surface area (Å²) in [5.41, 5.74) is 2.14. The number of carbonyl (C=O) groups excluding carboxylic acids is 2. The third kappa shape index (κ3) is 5.62. The van der Waals surface area contributed by atoms with Gasteiger partial charge in [0, 0.05) is 47.6 Å². The smallest absolute Gasteiger partial charge is 0.248 e. The average Bonchev–Trinajstić information content (AvgIpc) is 3.16. The fraction of sp³-hybridized carbons (Fsp3) is 0.130. The minimum absolute atomic E-state index is 0.0203. The summed E-state index contributed by atoms with van der Waals surface area (Å²) < 4.78 is 13.9. The molecule has 2 aromatic carbocycles. The number of amides is 2. The Kier molecular flexibility index (Phi) is 6.57. The van der Waals surface area contributed by atoms with Crippen LogP contribution in [0.5, 0.6) is 0 Å². The number of hydrogen-bond donors (Lipinski definition) is 1. The van der Waals surface area contributed by atoms with E-state index in [0.29, 0.717) is 17.8 Å². The highest BCUT2D eigenvalue weighted by atomic mass is 32.1. The van der Waals surface area contributed by atoms with Crippen LogP contribution in [0.25, 0.3) is 16.5 Å². The highest BCUT2D eigenvalue weighted by molar-refractivity contribution is 7.16. The maximum absolute atomic E-state index is 13.9. The van der Waals surface area contributed by atoms with Gasteiger partial charge in [-0.25, -0.2) is 4.39 Å². The van der Waals surface area contributed by atoms with Gasteiger partial charge in [0.25, 0.3) is 0 Å². The summed E-state index contributed by atoms with van der Waals surface area (Å²) in [6, 6.07) is 17.7. The molecule has 6 heteroatoms. The van der Waals surface area contributed by atoms with Gasteiger partial charge in [-0.05, 0) is 42.0 Å². The minimum atomic E-state index is -0.266. The van der Waals surface area contributed by atoms with Crippen LogP contribution in [-0.4, -0.2) is 23.8 Å². The lowest BCUT2D eigenvalue weighted by Gasteiger charge is -2.15. The molecule has 0 bridgehead atoms. The zero-order valence-electron chi connectivity index (χ0n) is 16.2. The first-order valence-corrected chi connectivity index (χ1v) is 9.88. The fourth-order valence-electron chi connectivity index (χ4n) is 2.72. The number of rotatable bonds is 6. The van der Waals surface area contributed by atoms with Gasteiger partial charge < -0.3 is 10.2 Å². The zero-order valence-corrected chi connectivity index (χ0v) is 17.0. The summed E-state index contributed by atoms with van der Waals surface area (Å²) in [7, 11) is 1.73. The van der Waals surface area contributed by atoms with Gasteiger partial charge in [-0.3, -0.25) is 9.59 Å². The number of thiophene rings is 1. The molecular formula is C23H21FN2O2S. The Bertz CT molecular complexity index is 1060. The maximum Gasteiger partial charge on any atom is 0.248 e. The summed E-state index contributed by atoms with van der Waals surface area (Å²) in [4.78, 5) is 26.9. The standard InChI is InChI=1S/C23H21FN2O2S/c1-16(27)26(2)15-17-6-5-7-18(14-17)25-23(28)13-11-19-10-12-22(29-19)20-8-3-4-9-21(20)24/h3-14H,15H2,1-2H3,(H,25,28)/b13-11+. The molecule has 0 saturated heterocycles. The lowest BCUT2D eigenvalue weighted by molar-refractivity contribution is -0.128. The van der Waals surface area contributed by atoms with Crippen LogP contribution in [0.4, 0.5) is 10.1 Å². The predicted octanol–water partition coefficient (Wildman–Crippen LogP) is 5.18. The molecule has 0 aliphatic heterocycles. The number of carbonyl (C=O) groups is 2. The van der Waals surface area contributed by atoms with Crippen molar-refractivity contribution in [3.8, 4) is 10.4 Å². The molecule has 3 rings (SSSR count). The van der Waals surface area contributed by atoms with E-state index >= 15 is 0 Å². The molecule has 1 aromatic heterocycles. The Labute approximate surface area is 173 Å². The maximum atomic E-state index is 13.9. The molecule has 148 valence electrons. The Morgan fingerprint density at radius 1 is 1.10 bits per heavy atom. The van der Waals surface area contributed by atoms with Crippen molar-refractivity contribution in [2.45, 2.75) is 13.5 Å². The van der Waals surface area contributed by atoms with Crippen molar-refractivity contribution in [1.82, 2.24) is 4.90 Å². The van der Waals surface area contributed by atoms with E-state index in [0.717, 1.165) is 15.3 Å². The second kappa shape index (κ2) is 9.30. The van der Waals surface area contributed by atoms with E-state index in [1.165, 1.54) is 30.4 Å². The van der Waals surface area contributed by atoms with Gasteiger partial charge in [0.1, 0.15) is 5.82 Å². The van der Waals surface area contributed by atoms with Crippen molar-refractivity contribution in [3.05, 3.63) is 83.0 Å². The van der Waals surface area contributed by atoms with Crippen LogP contribution in [0.1, 0.15) is 17.4 Å². The average molecular weight is 408 g/mol. The normalized spacial score (nSPS) is 10.9. The first-order chi connectivity index (χ1) is 13.9. The molecule has 0 aliphatic rings. The third-order valence-electron chi connectivity index (χ3n) is 4.32. The SMILES string of the molecule is CC(=O)N(C)Cc1cccc(NC(=O)/C=C/c2ccc(-c3ccccc3F)s2)c1. The van der Waals surface area contributed by atoms with Crippen LogP contribution in [-0.2, 0) is 16.1 Å². The molecule has 0 unspecified atom stereocenters. The van der Waals surface area contributed by atoms with Crippen LogP contribution in [0.2, 0.25) is 0 Å². The molecule has 1 heterocycles. The number of halogens is 1. The van der Waals surface area contributed by atoms with Gasteiger partial charge in [0.15, 0.2) is 0 Å². The molecule has 3 aromatic rings. The lowest BCUT2D eigenvalue weighted by Crippen LogP contribution is -2.23. The Hall–Kier alpha value is -3.25. The van der Waals surface area contributed by atoms with Crippen LogP contribution < -0.4 is 5.32 Å². The van der Waals surface area contributed by atoms with Gasteiger partial charge in [0.05, 0.1) is 0 Å². The third-order valence-corrected chi connectivity index (χ3v) is 5.40. The van der Waals surface area contributed by atoms with Crippen molar-refractivity contribution < 1.29 is 14.0 Å². The molecule has 0 saturated carbocycles. The number of hydrogen-bond acceptors (Lipinski definition) is 3. The highest BCUT2D eigenvalue weighted by Gasteiger charge is 2.07. The Balaban J connectivity index is 1.63. The zero-order chi connectivity index (χ0) is 20.8. The van der Waals surface area contributed by atoms with Crippen molar-refractivity contribution in [2.24, 2.45) is 0 Å². The van der Waals surface area contributed by atoms with Gasteiger partial charge >= 0.3 is 0 Å². The molecule has 1 N–H and O–H groups in total. The number of anilines is 1. The van der Waals surface area contributed by atoms with Crippen LogP contribution in [0, 0.1) is 5.82 Å². The van der Waals surface area contributed by atoms with E-state index in [1.807, 2.05) is 30.3 Å². The van der Waals surface area contributed by atoms with E-state index in [4.69, 9.17) is 0 Å². The molecule has 0 aliphatic carbocycles. The summed E-state index contributed by atoms with van der Waals surface area (Å²) in [5.74, 6) is -0.547. The summed E-state index contributed by atoms with van der Waals surface area (Å²) in [6.07, 6.45) is 3.16. The van der Waals surface area contributed by atoms with Gasteiger partial charge in [-0.2, -0.15) is 0 Å². The van der Waals surface area contributed by atoms with Crippen molar-refractivity contribution in [1.29, 1.82) is 0 Å². The minimum Gasteiger partial charge on any atom is -0.342 e. The highest BCUT2D eigenvalue weighted by Crippen LogP contribution is 2.30. The lowest BCUT2D eigenvalue weighted by atomic mass is 10.2. The second-order valence-corrected chi connectivity index (χ2v) is 7.70. The van der Waals surface area contributed by atoms with E-state index in [9.17, 15) is 14.0 Å². The summed E-state index contributed by atoms with van der Waals surface area (Å²) >= 11 is 1.42. The van der Waals surface area contributed by atoms with E-state index in [2.05, 4.69) is 5.32 Å². The van der Waals surface area contributed by atoms with Gasteiger partial charge in [-0.1, -0.05) is 30.3 Å². The monoisotopic (exact) mass is 408 g/mol. The summed E-state index contributed by atoms with van der Waals surface area (Å²) in [6.45, 7) is 1.99. The second-order valence-electron chi connectivity index (χ2n) is 6.58. The van der Waals surface area contributed by atoms with Crippen LogP contribution in [0.3, 0.4) is 0 Å². The van der Waals surface area contributed by atoms with Crippen molar-refractivity contribution in [3.63, 3.8) is 0 Å². The van der Waals surface area contributed by atoms with Gasteiger partial charge in [0.2, 0.25) is 11.8 Å². The number of benzene rings is 2. The quantitative estimate of drug-likeness (QED) is 0.571. The molecule has 0 fully saturated rings. The number of nitrogens with zero attached hydrogens (tertiary/aromatic N) is 1. The molecule has 29 heavy (non-hydrogen) atoms. The van der Waals surface area contributed by atoms with E-state index < -0.39 is 0 Å². The molecule has 0 radical (unpaired) electrons. The number of nitrogens with one attached hydrogen (secondary N) is 1. The molecular weight excluding hydrogens is 387 g/mol. The largest absolute Gasteiger partial charge is 0.342 e. The summed E-state index contributed by atoms with van der Waals surface area (Å²) in [5, 5.41) is 2.82.